The summed E-state index contributed by atoms with van der Waals surface area (Å²) in [6, 6.07) is 17.3. The largest absolute Gasteiger partial charge is 0.352 e. The van der Waals surface area contributed by atoms with E-state index in [4.69, 9.17) is 11.6 Å². The zero-order valence-electron chi connectivity index (χ0n) is 16.4. The number of halogens is 1. The highest BCUT2D eigenvalue weighted by Gasteiger charge is 2.28. The van der Waals surface area contributed by atoms with Crippen molar-refractivity contribution >= 4 is 34.8 Å². The number of piperidine rings is 1. The van der Waals surface area contributed by atoms with E-state index in [0.29, 0.717) is 43.2 Å². The van der Waals surface area contributed by atoms with Gasteiger partial charge in [0.15, 0.2) is 0 Å². The normalized spacial score (nSPS) is 14.5. The van der Waals surface area contributed by atoms with Crippen LogP contribution in [0.25, 0.3) is 10.6 Å². The monoisotopic (exact) mass is 439 g/mol. The van der Waals surface area contributed by atoms with Gasteiger partial charge < -0.3 is 10.2 Å². The predicted molar refractivity (Wildman–Crippen MR) is 119 cm³/mol. The maximum absolute atomic E-state index is 12.8. The Labute approximate surface area is 184 Å². The molecule has 1 saturated heterocycles. The van der Waals surface area contributed by atoms with E-state index in [1.165, 1.54) is 11.3 Å². The van der Waals surface area contributed by atoms with E-state index in [1.807, 2.05) is 54.6 Å². The first-order valence-corrected chi connectivity index (χ1v) is 11.2. The Kier molecular flexibility index (Phi) is 6.45. The molecule has 1 aromatic heterocycles. The van der Waals surface area contributed by atoms with Crippen molar-refractivity contribution in [3.05, 3.63) is 76.3 Å². The van der Waals surface area contributed by atoms with Gasteiger partial charge in [0.05, 0.1) is 0 Å². The highest BCUT2D eigenvalue weighted by Crippen LogP contribution is 2.26. The molecule has 2 aromatic carbocycles. The molecule has 0 aliphatic carbocycles. The third-order valence-corrected chi connectivity index (χ3v) is 6.42. The lowest BCUT2D eigenvalue weighted by molar-refractivity contribution is -0.126. The third-order valence-electron chi connectivity index (χ3n) is 5.28. The number of hydrogen-bond acceptors (Lipinski definition) is 4. The van der Waals surface area contributed by atoms with Crippen LogP contribution in [0.4, 0.5) is 0 Å². The topological polar surface area (TPSA) is 62.3 Å². The van der Waals surface area contributed by atoms with E-state index < -0.39 is 0 Å². The van der Waals surface area contributed by atoms with Crippen LogP contribution < -0.4 is 5.32 Å². The van der Waals surface area contributed by atoms with E-state index in [0.717, 1.165) is 16.1 Å². The van der Waals surface area contributed by atoms with Crippen LogP contribution in [0.2, 0.25) is 5.02 Å². The van der Waals surface area contributed by atoms with Gasteiger partial charge >= 0.3 is 0 Å². The maximum Gasteiger partial charge on any atom is 0.273 e. The van der Waals surface area contributed by atoms with Gasteiger partial charge in [0.2, 0.25) is 5.91 Å². The molecule has 2 amide bonds. The van der Waals surface area contributed by atoms with Crippen LogP contribution in [0, 0.1) is 5.92 Å². The molecule has 7 heteroatoms. The van der Waals surface area contributed by atoms with Gasteiger partial charge in [-0.15, -0.1) is 11.3 Å². The van der Waals surface area contributed by atoms with Crippen LogP contribution in [0.15, 0.2) is 60.0 Å². The van der Waals surface area contributed by atoms with Crippen molar-refractivity contribution in [1.29, 1.82) is 0 Å². The number of hydrogen-bond donors (Lipinski definition) is 1. The fourth-order valence-electron chi connectivity index (χ4n) is 3.53. The summed E-state index contributed by atoms with van der Waals surface area (Å²) in [5.41, 5.74) is 2.48. The summed E-state index contributed by atoms with van der Waals surface area (Å²) < 4.78 is 0. The van der Waals surface area contributed by atoms with Crippen molar-refractivity contribution < 1.29 is 9.59 Å². The Morgan fingerprint density at radius 1 is 1.07 bits per heavy atom. The zero-order valence-corrected chi connectivity index (χ0v) is 18.0. The molecule has 2 heterocycles. The van der Waals surface area contributed by atoms with Crippen LogP contribution in [-0.2, 0) is 11.3 Å². The van der Waals surface area contributed by atoms with Crippen molar-refractivity contribution in [2.24, 2.45) is 5.92 Å². The first-order valence-electron chi connectivity index (χ1n) is 9.92. The van der Waals surface area contributed by atoms with Crippen LogP contribution >= 0.6 is 22.9 Å². The zero-order chi connectivity index (χ0) is 20.9. The number of likely N-dealkylation sites (tertiary alicyclic amines) is 1. The Balaban J connectivity index is 1.30. The predicted octanol–water partition coefficient (Wildman–Crippen LogP) is 4.63. The molecule has 0 atom stereocenters. The van der Waals surface area contributed by atoms with Gasteiger partial charge in [0, 0.05) is 41.5 Å². The second-order valence-electron chi connectivity index (χ2n) is 7.31. The molecule has 5 nitrogen and oxygen atoms in total. The van der Waals surface area contributed by atoms with Crippen molar-refractivity contribution in [2.45, 2.75) is 19.4 Å². The summed E-state index contributed by atoms with van der Waals surface area (Å²) in [4.78, 5) is 31.6. The average molecular weight is 440 g/mol. The molecule has 0 bridgehead atoms. The Hall–Kier alpha value is -2.70. The van der Waals surface area contributed by atoms with E-state index in [2.05, 4.69) is 10.3 Å². The lowest BCUT2D eigenvalue weighted by atomic mass is 9.95. The standard InChI is InChI=1S/C23H22ClN3O2S/c24-19-8-6-18(7-9-19)22-26-20(15-30-22)23(29)27-12-10-17(11-13-27)21(28)25-14-16-4-2-1-3-5-16/h1-9,15,17H,10-14H2,(H,25,28). The van der Waals surface area contributed by atoms with Crippen molar-refractivity contribution in [3.63, 3.8) is 0 Å². The van der Waals surface area contributed by atoms with Gasteiger partial charge in [0.1, 0.15) is 10.7 Å². The maximum atomic E-state index is 12.8. The molecule has 3 aromatic rings. The number of carbonyl (C=O) groups is 2. The van der Waals surface area contributed by atoms with E-state index in [9.17, 15) is 9.59 Å². The number of amides is 2. The minimum Gasteiger partial charge on any atom is -0.352 e. The molecule has 30 heavy (non-hydrogen) atoms. The first kappa shape index (κ1) is 20.6. The molecule has 0 spiro atoms. The molecule has 1 N–H and O–H groups in total. The van der Waals surface area contributed by atoms with E-state index >= 15 is 0 Å². The molecule has 1 aliphatic rings. The van der Waals surface area contributed by atoms with Gasteiger partial charge in [-0.3, -0.25) is 9.59 Å². The van der Waals surface area contributed by atoms with Gasteiger partial charge in [-0.2, -0.15) is 0 Å². The lowest BCUT2D eigenvalue weighted by Crippen LogP contribution is -2.43. The quantitative estimate of drug-likeness (QED) is 0.630. The molecule has 0 unspecified atom stereocenters. The van der Waals surface area contributed by atoms with Crippen LogP contribution in [0.5, 0.6) is 0 Å². The molecular weight excluding hydrogens is 418 g/mol. The molecule has 1 fully saturated rings. The summed E-state index contributed by atoms with van der Waals surface area (Å²) in [7, 11) is 0. The molecule has 4 rings (SSSR count). The minimum absolute atomic E-state index is 0.0576. The summed E-state index contributed by atoms with van der Waals surface area (Å²) >= 11 is 7.38. The number of benzene rings is 2. The first-order chi connectivity index (χ1) is 14.6. The highest BCUT2D eigenvalue weighted by atomic mass is 35.5. The molecule has 154 valence electrons. The van der Waals surface area contributed by atoms with Crippen molar-refractivity contribution in [3.8, 4) is 10.6 Å². The number of nitrogens with one attached hydrogen (secondary N) is 1. The van der Waals surface area contributed by atoms with Crippen LogP contribution in [0.3, 0.4) is 0 Å². The smallest absolute Gasteiger partial charge is 0.273 e. The highest BCUT2D eigenvalue weighted by molar-refractivity contribution is 7.13. The number of nitrogens with zero attached hydrogens (tertiary/aromatic N) is 2. The average Bonchev–Trinajstić information content (AvgIpc) is 3.28. The van der Waals surface area contributed by atoms with E-state index in [-0.39, 0.29) is 17.7 Å². The van der Waals surface area contributed by atoms with E-state index in [1.54, 1.807) is 10.3 Å². The van der Waals surface area contributed by atoms with Crippen molar-refractivity contribution in [1.82, 2.24) is 15.2 Å². The van der Waals surface area contributed by atoms with Crippen molar-refractivity contribution in [2.75, 3.05) is 13.1 Å². The second-order valence-corrected chi connectivity index (χ2v) is 8.61. The lowest BCUT2D eigenvalue weighted by Gasteiger charge is -2.30. The Morgan fingerprint density at radius 3 is 2.47 bits per heavy atom. The van der Waals surface area contributed by atoms with Gasteiger partial charge in [-0.1, -0.05) is 54.1 Å². The summed E-state index contributed by atoms with van der Waals surface area (Å²) in [5, 5.41) is 6.27. The van der Waals surface area contributed by atoms with Crippen LogP contribution in [0.1, 0.15) is 28.9 Å². The number of rotatable bonds is 5. The molecule has 0 saturated carbocycles. The minimum atomic E-state index is -0.0744. The molecule has 0 radical (unpaired) electrons. The number of aromatic nitrogens is 1. The Morgan fingerprint density at radius 2 is 1.77 bits per heavy atom. The molecule has 1 aliphatic heterocycles. The molecular formula is C23H22ClN3O2S. The fourth-order valence-corrected chi connectivity index (χ4v) is 4.46. The Bertz CT molecular complexity index is 1010. The third kappa shape index (κ3) is 4.89. The summed E-state index contributed by atoms with van der Waals surface area (Å²) in [5.74, 6) is -0.0722. The fraction of sp³-hybridized carbons (Fsp3) is 0.261. The summed E-state index contributed by atoms with van der Waals surface area (Å²) in [6.45, 7) is 1.66. The summed E-state index contributed by atoms with van der Waals surface area (Å²) in [6.07, 6.45) is 1.33. The number of thiazole rings is 1. The second kappa shape index (κ2) is 9.41. The SMILES string of the molecule is O=C(NCc1ccccc1)C1CCN(C(=O)c2csc(-c3ccc(Cl)cc3)n2)CC1. The van der Waals surface area contributed by atoms with Gasteiger partial charge in [0.25, 0.3) is 5.91 Å². The van der Waals surface area contributed by atoms with Gasteiger partial charge in [-0.25, -0.2) is 4.98 Å². The van der Waals surface area contributed by atoms with Crippen LogP contribution in [-0.4, -0.2) is 34.8 Å². The van der Waals surface area contributed by atoms with Gasteiger partial charge in [-0.05, 0) is 30.5 Å². The number of carbonyl (C=O) groups excluding carboxylic acids is 2.